The summed E-state index contributed by atoms with van der Waals surface area (Å²) >= 11 is 0. The molecule has 2 N–H and O–H groups in total. The van der Waals surface area contributed by atoms with Crippen molar-refractivity contribution in [2.45, 2.75) is 12.7 Å². The van der Waals surface area contributed by atoms with Gasteiger partial charge in [-0.3, -0.25) is 10.1 Å². The number of hydrogen-bond donors (Lipinski definition) is 2. The molecule has 0 spiro atoms. The SMILES string of the molecule is CC1(NC(=O)O)N=c2ccc(C(=O)c3ccc(F)cc3)cc2=N1. The van der Waals surface area contributed by atoms with E-state index >= 15 is 0 Å². The molecule has 116 valence electrons. The van der Waals surface area contributed by atoms with Crippen molar-refractivity contribution < 1.29 is 19.1 Å². The van der Waals surface area contributed by atoms with Crippen molar-refractivity contribution in [3.63, 3.8) is 0 Å². The van der Waals surface area contributed by atoms with Gasteiger partial charge in [0.1, 0.15) is 5.82 Å². The molecular weight excluding hydrogens is 301 g/mol. The summed E-state index contributed by atoms with van der Waals surface area (Å²) in [6.45, 7) is 1.52. The summed E-state index contributed by atoms with van der Waals surface area (Å²) in [5.74, 6) is -1.99. The average molecular weight is 313 g/mol. The van der Waals surface area contributed by atoms with Crippen molar-refractivity contribution in [3.05, 3.63) is 70.1 Å². The first kappa shape index (κ1) is 14.8. The molecule has 1 heterocycles. The number of fused-ring (bicyclic) bond motifs is 1. The van der Waals surface area contributed by atoms with Crippen LogP contribution in [0.2, 0.25) is 0 Å². The second kappa shape index (κ2) is 5.28. The smallest absolute Gasteiger partial charge is 0.408 e. The van der Waals surface area contributed by atoms with Crippen LogP contribution < -0.4 is 16.0 Å². The molecular formula is C16H12FN3O3. The van der Waals surface area contributed by atoms with E-state index in [4.69, 9.17) is 5.11 Å². The normalized spacial score (nSPS) is 18.5. The molecule has 3 rings (SSSR count). The topological polar surface area (TPSA) is 91.1 Å². The van der Waals surface area contributed by atoms with Crippen LogP contribution in [0.1, 0.15) is 22.8 Å². The van der Waals surface area contributed by atoms with Crippen molar-refractivity contribution in [2.24, 2.45) is 9.98 Å². The Morgan fingerprint density at radius 1 is 1.04 bits per heavy atom. The van der Waals surface area contributed by atoms with Crippen molar-refractivity contribution >= 4 is 11.9 Å². The van der Waals surface area contributed by atoms with Crippen LogP contribution in [0.3, 0.4) is 0 Å². The largest absolute Gasteiger partial charge is 0.465 e. The molecule has 0 saturated heterocycles. The second-order valence-electron chi connectivity index (χ2n) is 5.21. The van der Waals surface area contributed by atoms with Crippen LogP contribution >= 0.6 is 0 Å². The van der Waals surface area contributed by atoms with Crippen LogP contribution in [0.4, 0.5) is 9.18 Å². The summed E-state index contributed by atoms with van der Waals surface area (Å²) in [6.07, 6.45) is -1.24. The number of carbonyl (C=O) groups excluding carboxylic acids is 1. The van der Waals surface area contributed by atoms with Crippen molar-refractivity contribution in [1.29, 1.82) is 0 Å². The van der Waals surface area contributed by atoms with E-state index in [1.54, 1.807) is 18.2 Å². The quantitative estimate of drug-likeness (QED) is 0.836. The molecule has 0 aliphatic carbocycles. The summed E-state index contributed by atoms with van der Waals surface area (Å²) in [5, 5.41) is 11.9. The van der Waals surface area contributed by atoms with Gasteiger partial charge in [-0.2, -0.15) is 0 Å². The van der Waals surface area contributed by atoms with E-state index in [0.717, 1.165) is 0 Å². The Morgan fingerprint density at radius 2 is 1.65 bits per heavy atom. The van der Waals surface area contributed by atoms with Gasteiger partial charge in [0.05, 0.1) is 10.7 Å². The fraction of sp³-hybridized carbons (Fsp3) is 0.125. The monoisotopic (exact) mass is 313 g/mol. The minimum Gasteiger partial charge on any atom is -0.465 e. The molecule has 0 bridgehead atoms. The maximum Gasteiger partial charge on any atom is 0.408 e. The van der Waals surface area contributed by atoms with E-state index in [0.29, 0.717) is 21.8 Å². The van der Waals surface area contributed by atoms with Crippen LogP contribution in [0.5, 0.6) is 0 Å². The zero-order valence-electron chi connectivity index (χ0n) is 12.1. The Bertz CT molecular complexity index is 925. The zero-order valence-corrected chi connectivity index (χ0v) is 12.1. The molecule has 1 aliphatic heterocycles. The first-order valence-electron chi connectivity index (χ1n) is 6.77. The molecule has 0 saturated carbocycles. The second-order valence-corrected chi connectivity index (χ2v) is 5.21. The molecule has 1 aliphatic rings. The van der Waals surface area contributed by atoms with Crippen LogP contribution in [-0.4, -0.2) is 22.8 Å². The first-order valence-corrected chi connectivity index (χ1v) is 6.77. The summed E-state index contributed by atoms with van der Waals surface area (Å²) in [5.41, 5.74) is 0.724. The number of amides is 1. The number of nitrogens with zero attached hydrogens (tertiary/aromatic N) is 2. The lowest BCUT2D eigenvalue weighted by atomic mass is 10.0. The lowest BCUT2D eigenvalue weighted by Gasteiger charge is -2.16. The number of carboxylic acid groups (broad SMARTS) is 1. The number of halogens is 1. The number of carbonyl (C=O) groups is 2. The minimum absolute atomic E-state index is 0.275. The van der Waals surface area contributed by atoms with Crippen molar-refractivity contribution in [2.75, 3.05) is 0 Å². The highest BCUT2D eigenvalue weighted by molar-refractivity contribution is 6.08. The molecule has 2 aromatic carbocycles. The lowest BCUT2D eigenvalue weighted by molar-refractivity contribution is 0.103. The van der Waals surface area contributed by atoms with Gasteiger partial charge >= 0.3 is 6.09 Å². The first-order chi connectivity index (χ1) is 10.9. The van der Waals surface area contributed by atoms with Gasteiger partial charge in [-0.1, -0.05) is 0 Å². The fourth-order valence-electron chi connectivity index (χ4n) is 2.37. The highest BCUT2D eigenvalue weighted by Crippen LogP contribution is 2.11. The van der Waals surface area contributed by atoms with Gasteiger partial charge in [-0.05, 0) is 42.5 Å². The summed E-state index contributed by atoms with van der Waals surface area (Å²) < 4.78 is 12.9. The Labute approximate surface area is 130 Å². The predicted octanol–water partition coefficient (Wildman–Crippen LogP) is 1.25. The molecule has 2 aromatic rings. The molecule has 1 amide bonds. The van der Waals surface area contributed by atoms with Crippen molar-refractivity contribution in [3.8, 4) is 0 Å². The summed E-state index contributed by atoms with van der Waals surface area (Å²) in [7, 11) is 0. The number of ketones is 1. The van der Waals surface area contributed by atoms with Gasteiger partial charge in [-0.15, -0.1) is 0 Å². The fourth-order valence-corrected chi connectivity index (χ4v) is 2.37. The van der Waals surface area contributed by atoms with Crippen LogP contribution in [0.15, 0.2) is 52.4 Å². The van der Waals surface area contributed by atoms with Crippen LogP contribution in [0, 0.1) is 5.82 Å². The third-order valence-corrected chi connectivity index (χ3v) is 3.36. The van der Waals surface area contributed by atoms with E-state index in [-0.39, 0.29) is 5.78 Å². The van der Waals surface area contributed by atoms with E-state index in [2.05, 4.69) is 15.3 Å². The number of benzene rings is 2. The highest BCUT2D eigenvalue weighted by Gasteiger charge is 2.27. The maximum atomic E-state index is 12.9. The van der Waals surface area contributed by atoms with E-state index in [9.17, 15) is 14.0 Å². The van der Waals surface area contributed by atoms with Gasteiger partial charge < -0.3 is 5.11 Å². The number of nitrogens with one attached hydrogen (secondary N) is 1. The van der Waals surface area contributed by atoms with Gasteiger partial charge in [0.2, 0.25) is 5.79 Å². The van der Waals surface area contributed by atoms with Gasteiger partial charge in [0.25, 0.3) is 0 Å². The van der Waals surface area contributed by atoms with Gasteiger partial charge in [0.15, 0.2) is 5.78 Å². The van der Waals surface area contributed by atoms with Crippen LogP contribution in [-0.2, 0) is 0 Å². The predicted molar refractivity (Wildman–Crippen MR) is 78.2 cm³/mol. The van der Waals surface area contributed by atoms with E-state index in [1.807, 2.05) is 0 Å². The van der Waals surface area contributed by atoms with E-state index in [1.165, 1.54) is 31.2 Å². The molecule has 0 aromatic heterocycles. The van der Waals surface area contributed by atoms with Crippen LogP contribution in [0.25, 0.3) is 0 Å². The summed E-state index contributed by atoms with van der Waals surface area (Å²) in [4.78, 5) is 31.6. The van der Waals surface area contributed by atoms with Crippen molar-refractivity contribution in [1.82, 2.24) is 5.32 Å². The Hall–Kier alpha value is -3.09. The van der Waals surface area contributed by atoms with Gasteiger partial charge in [-0.25, -0.2) is 19.2 Å². The third-order valence-electron chi connectivity index (χ3n) is 3.36. The molecule has 6 nitrogen and oxygen atoms in total. The summed E-state index contributed by atoms with van der Waals surface area (Å²) in [6, 6.07) is 9.97. The molecule has 7 heteroatoms. The molecule has 0 fully saturated rings. The Kier molecular flexibility index (Phi) is 3.40. The molecule has 1 atom stereocenters. The maximum absolute atomic E-state index is 12.9. The Morgan fingerprint density at radius 3 is 2.30 bits per heavy atom. The Balaban J connectivity index is 1.98. The lowest BCUT2D eigenvalue weighted by Crippen LogP contribution is -2.41. The molecule has 0 radical (unpaired) electrons. The number of hydrogen-bond acceptors (Lipinski definition) is 4. The highest BCUT2D eigenvalue weighted by atomic mass is 19.1. The molecule has 23 heavy (non-hydrogen) atoms. The molecule has 1 unspecified atom stereocenters. The van der Waals surface area contributed by atoms with E-state index < -0.39 is 17.7 Å². The standard InChI is InChI=1S/C16H12FN3O3/c1-16(20-15(22)23)18-12-7-4-10(8-13(12)19-16)14(21)9-2-5-11(17)6-3-9/h2-8,20H,1H3,(H,22,23). The number of rotatable bonds is 3. The third kappa shape index (κ3) is 2.94. The zero-order chi connectivity index (χ0) is 16.6. The average Bonchev–Trinajstić information content (AvgIpc) is 2.80. The minimum atomic E-state index is -1.30. The van der Waals surface area contributed by atoms with Gasteiger partial charge in [0, 0.05) is 18.1 Å².